The van der Waals surface area contributed by atoms with Gasteiger partial charge in [0.25, 0.3) is 5.97 Å². The fourth-order valence-electron chi connectivity index (χ4n) is 1.55. The van der Waals surface area contributed by atoms with Crippen LogP contribution >= 0.6 is 0 Å². The monoisotopic (exact) mass is 186 g/mol. The van der Waals surface area contributed by atoms with E-state index >= 15 is 0 Å². The zero-order chi connectivity index (χ0) is 9.19. The average molecular weight is 186 g/mol. The molecule has 0 aromatic carbocycles. The molecule has 0 unspecified atom stereocenters. The lowest BCUT2D eigenvalue weighted by Crippen LogP contribution is -2.32. The molecule has 0 N–H and O–H groups in total. The van der Waals surface area contributed by atoms with Crippen LogP contribution in [0.25, 0.3) is 0 Å². The van der Waals surface area contributed by atoms with E-state index in [9.17, 15) is 4.79 Å². The van der Waals surface area contributed by atoms with Gasteiger partial charge in [0.2, 0.25) is 8.32 Å². The Hall–Kier alpha value is -0.313. The molecule has 0 aromatic rings. The molecule has 0 atom stereocenters. The third-order valence-corrected chi connectivity index (χ3v) is 2.91. The second-order valence-electron chi connectivity index (χ2n) is 4.51. The van der Waals surface area contributed by atoms with Gasteiger partial charge in [-0.05, 0) is 32.5 Å². The SMILES string of the molecule is C[Si](C)(C)OC(=O)C1CCCC1. The van der Waals surface area contributed by atoms with Gasteiger partial charge in [0.15, 0.2) is 0 Å². The first-order valence-corrected chi connectivity index (χ1v) is 8.13. The maximum Gasteiger partial charge on any atom is 0.295 e. The van der Waals surface area contributed by atoms with Crippen LogP contribution in [-0.2, 0) is 9.22 Å². The van der Waals surface area contributed by atoms with Gasteiger partial charge in [0, 0.05) is 0 Å². The lowest BCUT2D eigenvalue weighted by Gasteiger charge is -2.19. The van der Waals surface area contributed by atoms with Gasteiger partial charge in [-0.15, -0.1) is 0 Å². The number of rotatable bonds is 2. The molecule has 3 heteroatoms. The molecule has 12 heavy (non-hydrogen) atoms. The molecule has 0 aromatic heterocycles. The van der Waals surface area contributed by atoms with E-state index in [1.165, 1.54) is 12.8 Å². The van der Waals surface area contributed by atoms with E-state index in [1.807, 2.05) is 0 Å². The van der Waals surface area contributed by atoms with Gasteiger partial charge in [-0.25, -0.2) is 0 Å². The Morgan fingerprint density at radius 3 is 2.17 bits per heavy atom. The van der Waals surface area contributed by atoms with Crippen molar-refractivity contribution in [3.8, 4) is 0 Å². The molecule has 0 amide bonds. The molecule has 0 saturated heterocycles. The minimum atomic E-state index is -1.64. The Kier molecular flexibility index (Phi) is 2.93. The van der Waals surface area contributed by atoms with Crippen molar-refractivity contribution in [2.45, 2.75) is 45.3 Å². The number of carbonyl (C=O) groups is 1. The normalized spacial score (nSPS) is 19.6. The maximum atomic E-state index is 11.5. The van der Waals surface area contributed by atoms with Crippen molar-refractivity contribution in [2.75, 3.05) is 0 Å². The van der Waals surface area contributed by atoms with Crippen LogP contribution in [-0.4, -0.2) is 14.3 Å². The summed E-state index contributed by atoms with van der Waals surface area (Å²) < 4.78 is 5.42. The van der Waals surface area contributed by atoms with E-state index in [2.05, 4.69) is 19.6 Å². The molecule has 0 aliphatic heterocycles. The largest absolute Gasteiger partial charge is 0.520 e. The first-order chi connectivity index (χ1) is 5.49. The van der Waals surface area contributed by atoms with E-state index in [-0.39, 0.29) is 11.9 Å². The molecule has 1 rings (SSSR count). The van der Waals surface area contributed by atoms with E-state index in [0.717, 1.165) is 12.8 Å². The van der Waals surface area contributed by atoms with Crippen molar-refractivity contribution < 1.29 is 9.22 Å². The lowest BCUT2D eigenvalue weighted by atomic mass is 10.1. The summed E-state index contributed by atoms with van der Waals surface area (Å²) in [4.78, 5) is 11.5. The van der Waals surface area contributed by atoms with E-state index in [1.54, 1.807) is 0 Å². The van der Waals surface area contributed by atoms with Gasteiger partial charge in [0.1, 0.15) is 0 Å². The van der Waals surface area contributed by atoms with Gasteiger partial charge in [-0.1, -0.05) is 12.8 Å². The van der Waals surface area contributed by atoms with E-state index in [4.69, 9.17) is 4.43 Å². The highest BCUT2D eigenvalue weighted by molar-refractivity contribution is 6.71. The van der Waals surface area contributed by atoms with Crippen LogP contribution in [0.2, 0.25) is 19.6 Å². The van der Waals surface area contributed by atoms with Crippen molar-refractivity contribution in [2.24, 2.45) is 5.92 Å². The highest BCUT2D eigenvalue weighted by Crippen LogP contribution is 2.26. The van der Waals surface area contributed by atoms with Crippen molar-refractivity contribution >= 4 is 14.3 Å². The Balaban J connectivity index is 2.37. The first-order valence-electron chi connectivity index (χ1n) is 4.72. The zero-order valence-corrected chi connectivity index (χ0v) is 9.22. The van der Waals surface area contributed by atoms with Crippen LogP contribution in [0, 0.1) is 5.92 Å². The number of hydrogen-bond donors (Lipinski definition) is 0. The van der Waals surface area contributed by atoms with Crippen molar-refractivity contribution in [3.63, 3.8) is 0 Å². The van der Waals surface area contributed by atoms with Crippen LogP contribution < -0.4 is 0 Å². The Morgan fingerprint density at radius 1 is 1.25 bits per heavy atom. The second kappa shape index (κ2) is 3.60. The molecule has 1 fully saturated rings. The summed E-state index contributed by atoms with van der Waals surface area (Å²) in [5.41, 5.74) is 0. The van der Waals surface area contributed by atoms with Crippen molar-refractivity contribution in [1.82, 2.24) is 0 Å². The molecule has 1 aliphatic rings. The van der Waals surface area contributed by atoms with Gasteiger partial charge in [0.05, 0.1) is 5.92 Å². The Morgan fingerprint density at radius 2 is 1.75 bits per heavy atom. The highest BCUT2D eigenvalue weighted by Gasteiger charge is 2.28. The second-order valence-corrected chi connectivity index (χ2v) is 8.94. The van der Waals surface area contributed by atoms with Crippen LogP contribution in [0.5, 0.6) is 0 Å². The van der Waals surface area contributed by atoms with Crippen LogP contribution in [0.15, 0.2) is 0 Å². The average Bonchev–Trinajstić information content (AvgIpc) is 2.32. The Labute approximate surface area is 75.4 Å². The fraction of sp³-hybridized carbons (Fsp3) is 0.889. The minimum Gasteiger partial charge on any atom is -0.520 e. The standard InChI is InChI=1S/C9H18O2Si/c1-12(2,3)11-9(10)8-6-4-5-7-8/h8H,4-7H2,1-3H3. The third kappa shape index (κ3) is 2.97. The molecule has 2 nitrogen and oxygen atoms in total. The first kappa shape index (κ1) is 9.77. The quantitative estimate of drug-likeness (QED) is 0.620. The molecule has 70 valence electrons. The van der Waals surface area contributed by atoms with Crippen molar-refractivity contribution in [3.05, 3.63) is 0 Å². The summed E-state index contributed by atoms with van der Waals surface area (Å²) in [5.74, 6) is 0.281. The van der Waals surface area contributed by atoms with E-state index < -0.39 is 8.32 Å². The highest BCUT2D eigenvalue weighted by atomic mass is 28.4. The summed E-state index contributed by atoms with van der Waals surface area (Å²) in [6.07, 6.45) is 4.49. The zero-order valence-electron chi connectivity index (χ0n) is 8.22. The number of hydrogen-bond acceptors (Lipinski definition) is 2. The fourth-order valence-corrected chi connectivity index (χ4v) is 2.32. The minimum absolute atomic E-state index is 0.0617. The van der Waals surface area contributed by atoms with Gasteiger partial charge in [-0.3, -0.25) is 4.79 Å². The lowest BCUT2D eigenvalue weighted by molar-refractivity contribution is -0.139. The predicted molar refractivity (Wildman–Crippen MR) is 51.4 cm³/mol. The molecule has 0 spiro atoms. The third-order valence-electron chi connectivity index (χ3n) is 2.10. The molecule has 0 radical (unpaired) electrons. The topological polar surface area (TPSA) is 26.3 Å². The smallest absolute Gasteiger partial charge is 0.295 e. The molecule has 0 heterocycles. The summed E-state index contributed by atoms with van der Waals surface area (Å²) in [6, 6.07) is 0. The van der Waals surface area contributed by atoms with Crippen molar-refractivity contribution in [1.29, 1.82) is 0 Å². The van der Waals surface area contributed by atoms with Crippen LogP contribution in [0.4, 0.5) is 0 Å². The molecular formula is C9H18O2Si. The van der Waals surface area contributed by atoms with Crippen LogP contribution in [0.1, 0.15) is 25.7 Å². The van der Waals surface area contributed by atoms with Gasteiger partial charge in [-0.2, -0.15) is 0 Å². The summed E-state index contributed by atoms with van der Waals surface area (Å²) in [7, 11) is -1.64. The molecular weight excluding hydrogens is 168 g/mol. The van der Waals surface area contributed by atoms with Gasteiger partial charge >= 0.3 is 0 Å². The Bertz CT molecular complexity index is 166. The van der Waals surface area contributed by atoms with Crippen LogP contribution in [0.3, 0.4) is 0 Å². The summed E-state index contributed by atoms with van der Waals surface area (Å²) in [6.45, 7) is 6.17. The molecule has 0 bridgehead atoms. The van der Waals surface area contributed by atoms with E-state index in [0.29, 0.717) is 0 Å². The summed E-state index contributed by atoms with van der Waals surface area (Å²) in [5, 5.41) is 0. The molecule has 1 saturated carbocycles. The maximum absolute atomic E-state index is 11.5. The van der Waals surface area contributed by atoms with Gasteiger partial charge < -0.3 is 4.43 Å². The summed E-state index contributed by atoms with van der Waals surface area (Å²) >= 11 is 0. The number of carbonyl (C=O) groups excluding carboxylic acids is 1. The molecule has 1 aliphatic carbocycles. The predicted octanol–water partition coefficient (Wildman–Crippen LogP) is 2.55.